The Morgan fingerprint density at radius 2 is 2.12 bits per heavy atom. The van der Waals surface area contributed by atoms with E-state index in [9.17, 15) is 9.90 Å². The van der Waals surface area contributed by atoms with Gasteiger partial charge in [0.25, 0.3) is 0 Å². The van der Waals surface area contributed by atoms with Gasteiger partial charge in [-0.1, -0.05) is 18.9 Å². The fourth-order valence-corrected chi connectivity index (χ4v) is 3.90. The fourth-order valence-electron chi connectivity index (χ4n) is 3.90. The highest BCUT2D eigenvalue weighted by Crippen LogP contribution is 2.43. The van der Waals surface area contributed by atoms with Crippen LogP contribution < -0.4 is 0 Å². The average Bonchev–Trinajstić information content (AvgIpc) is 2.87. The molecule has 2 heterocycles. The van der Waals surface area contributed by atoms with Gasteiger partial charge in [-0.2, -0.15) is 0 Å². The molecule has 0 aliphatic carbocycles. The Morgan fingerprint density at radius 1 is 1.40 bits per heavy atom. The minimum Gasteiger partial charge on any atom is -0.462 e. The van der Waals surface area contributed by atoms with Crippen LogP contribution in [-0.2, 0) is 19.0 Å². The molecule has 144 valence electrons. The molecule has 25 heavy (non-hydrogen) atoms. The van der Waals surface area contributed by atoms with Crippen molar-refractivity contribution in [2.24, 2.45) is 5.92 Å². The number of hydrogen-bond acceptors (Lipinski definition) is 5. The van der Waals surface area contributed by atoms with Crippen LogP contribution >= 0.6 is 0 Å². The zero-order valence-electron chi connectivity index (χ0n) is 16.2. The van der Waals surface area contributed by atoms with Crippen LogP contribution in [0.4, 0.5) is 0 Å². The molecule has 2 aliphatic heterocycles. The molecule has 5 nitrogen and oxygen atoms in total. The molecular weight excluding hydrogens is 320 g/mol. The zero-order valence-corrected chi connectivity index (χ0v) is 16.2. The van der Waals surface area contributed by atoms with E-state index in [1.165, 1.54) is 6.92 Å². The van der Waals surface area contributed by atoms with E-state index in [2.05, 4.69) is 20.4 Å². The van der Waals surface area contributed by atoms with Gasteiger partial charge < -0.3 is 19.3 Å². The summed E-state index contributed by atoms with van der Waals surface area (Å²) in [6.45, 7) is 11.9. The third-order valence-electron chi connectivity index (χ3n) is 5.61. The molecule has 0 amide bonds. The molecule has 5 unspecified atom stereocenters. The normalized spacial score (nSPS) is 33.7. The monoisotopic (exact) mass is 354 g/mol. The van der Waals surface area contributed by atoms with Gasteiger partial charge in [-0.3, -0.25) is 4.79 Å². The largest absolute Gasteiger partial charge is 0.462 e. The Balaban J connectivity index is 1.82. The molecule has 5 heteroatoms. The van der Waals surface area contributed by atoms with E-state index in [4.69, 9.17) is 14.2 Å². The lowest BCUT2D eigenvalue weighted by Crippen LogP contribution is -2.52. The molecule has 2 saturated heterocycles. The van der Waals surface area contributed by atoms with E-state index in [-0.39, 0.29) is 36.3 Å². The first-order valence-electron chi connectivity index (χ1n) is 9.49. The summed E-state index contributed by atoms with van der Waals surface area (Å²) in [6.07, 6.45) is 5.91. The first-order valence-corrected chi connectivity index (χ1v) is 9.49. The first-order chi connectivity index (χ1) is 11.6. The maximum Gasteiger partial charge on any atom is 0.302 e. The summed E-state index contributed by atoms with van der Waals surface area (Å²) in [7, 11) is 0. The van der Waals surface area contributed by atoms with Gasteiger partial charge in [0.1, 0.15) is 12.7 Å². The molecule has 2 fully saturated rings. The second kappa shape index (κ2) is 8.19. The lowest BCUT2D eigenvalue weighted by atomic mass is 9.87. The summed E-state index contributed by atoms with van der Waals surface area (Å²) in [5.41, 5.74) is 0.773. The average molecular weight is 354 g/mol. The third-order valence-corrected chi connectivity index (χ3v) is 5.61. The van der Waals surface area contributed by atoms with Gasteiger partial charge in [0.15, 0.2) is 5.79 Å². The maximum atomic E-state index is 11.4. The van der Waals surface area contributed by atoms with Crippen LogP contribution in [-0.4, -0.2) is 41.3 Å². The van der Waals surface area contributed by atoms with Crippen molar-refractivity contribution in [2.75, 3.05) is 6.61 Å². The molecular formula is C20H34O5. The fraction of sp³-hybridized carbons (Fsp3) is 0.850. The smallest absolute Gasteiger partial charge is 0.302 e. The van der Waals surface area contributed by atoms with Crippen molar-refractivity contribution in [3.63, 3.8) is 0 Å². The van der Waals surface area contributed by atoms with Crippen molar-refractivity contribution in [1.82, 2.24) is 0 Å². The second-order valence-corrected chi connectivity index (χ2v) is 8.21. The van der Waals surface area contributed by atoms with Crippen LogP contribution in [0.1, 0.15) is 72.6 Å². The molecule has 1 N–H and O–H groups in total. The van der Waals surface area contributed by atoms with Crippen LogP contribution in [0.5, 0.6) is 0 Å². The lowest BCUT2D eigenvalue weighted by Gasteiger charge is -2.42. The van der Waals surface area contributed by atoms with Gasteiger partial charge >= 0.3 is 5.97 Å². The Kier molecular flexibility index (Phi) is 6.68. The SMILES string of the molecule is C=C(C)CCC(OC(C)=O)C(C)CCCC1(C)OCC2(O)CCC1O2. The number of esters is 1. The summed E-state index contributed by atoms with van der Waals surface area (Å²) in [4.78, 5) is 11.4. The van der Waals surface area contributed by atoms with Crippen LogP contribution in [0.25, 0.3) is 0 Å². The number of ether oxygens (including phenoxy) is 3. The molecule has 2 aliphatic rings. The first kappa shape index (κ1) is 20.4. The van der Waals surface area contributed by atoms with Crippen molar-refractivity contribution >= 4 is 5.97 Å². The van der Waals surface area contributed by atoms with Crippen molar-refractivity contribution in [3.8, 4) is 0 Å². The molecule has 0 spiro atoms. The van der Waals surface area contributed by atoms with E-state index < -0.39 is 5.79 Å². The number of fused-ring (bicyclic) bond motifs is 2. The molecule has 0 aromatic heterocycles. The number of carbonyl (C=O) groups excluding carboxylic acids is 1. The number of rotatable bonds is 9. The molecule has 2 rings (SSSR count). The van der Waals surface area contributed by atoms with Crippen LogP contribution in [0.15, 0.2) is 12.2 Å². The lowest BCUT2D eigenvalue weighted by molar-refractivity contribution is -0.311. The zero-order chi connectivity index (χ0) is 18.7. The Hall–Kier alpha value is -0.910. The molecule has 2 bridgehead atoms. The van der Waals surface area contributed by atoms with Crippen LogP contribution in [0.3, 0.4) is 0 Å². The minimum atomic E-state index is -1.07. The number of hydrogen-bond donors (Lipinski definition) is 1. The van der Waals surface area contributed by atoms with E-state index in [1.54, 1.807) is 0 Å². The summed E-state index contributed by atoms with van der Waals surface area (Å²) < 4.78 is 17.3. The van der Waals surface area contributed by atoms with Crippen molar-refractivity contribution < 1.29 is 24.1 Å². The van der Waals surface area contributed by atoms with Gasteiger partial charge in [-0.15, -0.1) is 6.58 Å². The van der Waals surface area contributed by atoms with Gasteiger partial charge in [0, 0.05) is 13.3 Å². The van der Waals surface area contributed by atoms with Crippen LogP contribution in [0, 0.1) is 5.92 Å². The highest BCUT2D eigenvalue weighted by atomic mass is 16.7. The van der Waals surface area contributed by atoms with Gasteiger partial charge in [0.05, 0.1) is 11.7 Å². The van der Waals surface area contributed by atoms with E-state index >= 15 is 0 Å². The Bertz CT molecular complexity index is 490. The predicted molar refractivity (Wildman–Crippen MR) is 96.0 cm³/mol. The van der Waals surface area contributed by atoms with E-state index in [0.717, 1.165) is 44.1 Å². The molecule has 0 aromatic carbocycles. The third kappa shape index (κ3) is 5.53. The van der Waals surface area contributed by atoms with Crippen molar-refractivity contribution in [2.45, 2.75) is 96.2 Å². The van der Waals surface area contributed by atoms with Crippen molar-refractivity contribution in [3.05, 3.63) is 12.2 Å². The Morgan fingerprint density at radius 3 is 2.76 bits per heavy atom. The standard InChI is InChI=1S/C20H34O5/c1-14(2)8-9-17(24-16(4)21)15(3)7-6-11-19(5)18-10-12-20(22,25-18)13-23-19/h15,17-18,22H,1,6-13H2,2-5H3. The minimum absolute atomic E-state index is 0.0331. The molecule has 5 atom stereocenters. The van der Waals surface area contributed by atoms with Gasteiger partial charge in [-0.25, -0.2) is 0 Å². The summed E-state index contributed by atoms with van der Waals surface area (Å²) in [5.74, 6) is -1.00. The highest BCUT2D eigenvalue weighted by Gasteiger charge is 2.52. The second-order valence-electron chi connectivity index (χ2n) is 8.21. The number of carbonyl (C=O) groups is 1. The van der Waals surface area contributed by atoms with Gasteiger partial charge in [-0.05, 0) is 51.9 Å². The summed E-state index contributed by atoms with van der Waals surface area (Å²) >= 11 is 0. The predicted octanol–water partition coefficient (Wildman–Crippen LogP) is 3.74. The molecule has 0 saturated carbocycles. The molecule has 0 radical (unpaired) electrons. The highest BCUT2D eigenvalue weighted by molar-refractivity contribution is 5.66. The van der Waals surface area contributed by atoms with Gasteiger partial charge in [0.2, 0.25) is 0 Å². The Labute approximate surface area is 151 Å². The quantitative estimate of drug-likeness (QED) is 0.505. The number of allylic oxidation sites excluding steroid dienone is 1. The van der Waals surface area contributed by atoms with E-state index in [0.29, 0.717) is 6.42 Å². The van der Waals surface area contributed by atoms with Crippen LogP contribution in [0.2, 0.25) is 0 Å². The van der Waals surface area contributed by atoms with E-state index in [1.807, 2.05) is 6.92 Å². The number of aliphatic hydroxyl groups is 1. The maximum absolute atomic E-state index is 11.4. The summed E-state index contributed by atoms with van der Waals surface area (Å²) in [6, 6.07) is 0. The summed E-state index contributed by atoms with van der Waals surface area (Å²) in [5, 5.41) is 10.1. The topological polar surface area (TPSA) is 65.0 Å². The molecule has 0 aromatic rings. The van der Waals surface area contributed by atoms with Crippen molar-refractivity contribution in [1.29, 1.82) is 0 Å².